The van der Waals surface area contributed by atoms with E-state index >= 15 is 0 Å². The van der Waals surface area contributed by atoms with Crippen LogP contribution in [0.15, 0.2) is 23.2 Å². The summed E-state index contributed by atoms with van der Waals surface area (Å²) in [6, 6.07) is 5.87. The highest BCUT2D eigenvalue weighted by Gasteiger charge is 2.40. The molecule has 0 saturated carbocycles. The lowest BCUT2D eigenvalue weighted by molar-refractivity contribution is 0.353. The zero-order chi connectivity index (χ0) is 17.1. The fourth-order valence-corrected chi connectivity index (χ4v) is 3.96. The second-order valence-electron chi connectivity index (χ2n) is 6.44. The maximum absolute atomic E-state index is 12.1. The summed E-state index contributed by atoms with van der Waals surface area (Å²) in [6.07, 6.45) is 0. The number of nitrogens with one attached hydrogen (secondary N) is 1. The molecule has 1 aromatic heterocycles. The first-order chi connectivity index (χ1) is 10.7. The summed E-state index contributed by atoms with van der Waals surface area (Å²) in [5.41, 5.74) is 1.87. The van der Waals surface area contributed by atoms with Crippen molar-refractivity contribution in [2.24, 2.45) is 4.99 Å². The third-order valence-electron chi connectivity index (χ3n) is 4.01. The quantitative estimate of drug-likeness (QED) is 0.419. The van der Waals surface area contributed by atoms with Crippen LogP contribution in [-0.2, 0) is 16.4 Å². The number of sulfone groups is 1. The number of aliphatic imine (C=N–C) groups is 1. The smallest absolute Gasteiger partial charge is 0.194 e. The molecule has 0 radical (unpaired) electrons. The molecule has 1 fully saturated rings. The highest BCUT2D eigenvalue weighted by molar-refractivity contribution is 14.0. The number of nitrogens with zero attached hydrogens (tertiary/aromatic N) is 3. The summed E-state index contributed by atoms with van der Waals surface area (Å²) in [5, 5.41) is 3.26. The van der Waals surface area contributed by atoms with Gasteiger partial charge in [-0.15, -0.1) is 24.0 Å². The molecule has 0 aliphatic carbocycles. The standard InChI is InChI=1S/C16H26N4O2S.HI/c1-5-17-15(18-11-14-8-6-7-13(2)19-14)20-9-10-23(21,22)16(3,4)12-20;/h6-8H,5,9-12H2,1-4H3,(H,17,18);1H. The van der Waals surface area contributed by atoms with Crippen molar-refractivity contribution in [2.45, 2.75) is 39.0 Å². The number of hydrogen-bond acceptors (Lipinski definition) is 4. The van der Waals surface area contributed by atoms with Crippen LogP contribution in [0.4, 0.5) is 0 Å². The SMILES string of the molecule is CCNC(=NCc1cccc(C)n1)N1CCS(=O)(=O)C(C)(C)C1.I. The summed E-state index contributed by atoms with van der Waals surface area (Å²) < 4.78 is 23.5. The lowest BCUT2D eigenvalue weighted by Gasteiger charge is -2.39. The molecule has 0 atom stereocenters. The van der Waals surface area contributed by atoms with Crippen LogP contribution in [0.25, 0.3) is 0 Å². The van der Waals surface area contributed by atoms with E-state index in [-0.39, 0.29) is 29.7 Å². The summed E-state index contributed by atoms with van der Waals surface area (Å²) in [5.74, 6) is 0.909. The summed E-state index contributed by atoms with van der Waals surface area (Å²) in [4.78, 5) is 11.1. The lowest BCUT2D eigenvalue weighted by Crippen LogP contribution is -2.57. The maximum atomic E-state index is 12.1. The van der Waals surface area contributed by atoms with Crippen molar-refractivity contribution in [1.29, 1.82) is 0 Å². The zero-order valence-corrected chi connectivity index (χ0v) is 17.9. The Labute approximate surface area is 162 Å². The second kappa shape index (κ2) is 8.46. The first-order valence-electron chi connectivity index (χ1n) is 7.93. The number of rotatable bonds is 3. The molecular formula is C16H27IN4O2S. The van der Waals surface area contributed by atoms with Gasteiger partial charge in [-0.05, 0) is 39.8 Å². The van der Waals surface area contributed by atoms with Crippen molar-refractivity contribution in [3.63, 3.8) is 0 Å². The van der Waals surface area contributed by atoms with Crippen molar-refractivity contribution in [3.8, 4) is 0 Å². The Balaban J connectivity index is 0.00000288. The molecule has 1 aliphatic rings. The fraction of sp³-hybridized carbons (Fsp3) is 0.625. The molecule has 136 valence electrons. The molecule has 0 bridgehead atoms. The van der Waals surface area contributed by atoms with Crippen molar-refractivity contribution < 1.29 is 8.42 Å². The van der Waals surface area contributed by atoms with Gasteiger partial charge in [0.05, 0.1) is 22.7 Å². The molecule has 1 N–H and O–H groups in total. The molecule has 6 nitrogen and oxygen atoms in total. The van der Waals surface area contributed by atoms with Crippen LogP contribution in [0.3, 0.4) is 0 Å². The van der Waals surface area contributed by atoms with E-state index in [4.69, 9.17) is 0 Å². The van der Waals surface area contributed by atoms with E-state index in [1.165, 1.54) is 0 Å². The Morgan fingerprint density at radius 2 is 2.12 bits per heavy atom. The largest absolute Gasteiger partial charge is 0.357 e. The predicted molar refractivity (Wildman–Crippen MR) is 109 cm³/mol. The number of aryl methyl sites for hydroxylation is 1. The fourth-order valence-electron chi connectivity index (χ4n) is 2.59. The minimum absolute atomic E-state index is 0. The van der Waals surface area contributed by atoms with Crippen molar-refractivity contribution in [2.75, 3.05) is 25.4 Å². The van der Waals surface area contributed by atoms with Gasteiger partial charge in [-0.25, -0.2) is 13.4 Å². The van der Waals surface area contributed by atoms with Crippen LogP contribution < -0.4 is 5.32 Å². The Morgan fingerprint density at radius 1 is 1.42 bits per heavy atom. The highest BCUT2D eigenvalue weighted by atomic mass is 127. The third kappa shape index (κ3) is 5.05. The van der Waals surface area contributed by atoms with E-state index in [2.05, 4.69) is 15.3 Å². The van der Waals surface area contributed by atoms with Gasteiger partial charge in [0.15, 0.2) is 15.8 Å². The van der Waals surface area contributed by atoms with Gasteiger partial charge in [-0.2, -0.15) is 0 Å². The summed E-state index contributed by atoms with van der Waals surface area (Å²) >= 11 is 0. The van der Waals surface area contributed by atoms with Crippen LogP contribution in [0.2, 0.25) is 0 Å². The molecule has 2 heterocycles. The van der Waals surface area contributed by atoms with Crippen LogP contribution in [0, 0.1) is 6.92 Å². The number of aromatic nitrogens is 1. The van der Waals surface area contributed by atoms with Crippen LogP contribution >= 0.6 is 24.0 Å². The van der Waals surface area contributed by atoms with E-state index in [9.17, 15) is 8.42 Å². The Morgan fingerprint density at radius 3 is 2.71 bits per heavy atom. The molecule has 1 aromatic rings. The highest BCUT2D eigenvalue weighted by Crippen LogP contribution is 2.23. The third-order valence-corrected chi connectivity index (χ3v) is 6.55. The number of pyridine rings is 1. The molecule has 0 unspecified atom stereocenters. The first-order valence-corrected chi connectivity index (χ1v) is 9.58. The topological polar surface area (TPSA) is 74.7 Å². The average Bonchev–Trinajstić information content (AvgIpc) is 2.46. The van der Waals surface area contributed by atoms with E-state index in [1.807, 2.05) is 36.9 Å². The van der Waals surface area contributed by atoms with E-state index in [0.29, 0.717) is 19.6 Å². The first kappa shape index (κ1) is 21.1. The average molecular weight is 466 g/mol. The van der Waals surface area contributed by atoms with E-state index < -0.39 is 14.6 Å². The van der Waals surface area contributed by atoms with E-state index in [1.54, 1.807) is 13.8 Å². The minimum Gasteiger partial charge on any atom is -0.357 e. The van der Waals surface area contributed by atoms with Gasteiger partial charge in [-0.1, -0.05) is 6.07 Å². The normalized spacial score (nSPS) is 19.5. The van der Waals surface area contributed by atoms with Gasteiger partial charge in [0.2, 0.25) is 0 Å². The van der Waals surface area contributed by atoms with Gasteiger partial charge >= 0.3 is 0 Å². The van der Waals surface area contributed by atoms with Gasteiger partial charge in [-0.3, -0.25) is 4.98 Å². The Bertz CT molecular complexity index is 689. The van der Waals surface area contributed by atoms with Crippen molar-refractivity contribution in [3.05, 3.63) is 29.6 Å². The predicted octanol–water partition coefficient (Wildman–Crippen LogP) is 1.98. The molecule has 1 saturated heterocycles. The monoisotopic (exact) mass is 466 g/mol. The second-order valence-corrected chi connectivity index (χ2v) is 9.18. The van der Waals surface area contributed by atoms with Gasteiger partial charge in [0.1, 0.15) is 0 Å². The van der Waals surface area contributed by atoms with Gasteiger partial charge in [0, 0.05) is 25.3 Å². The molecule has 1 aliphatic heterocycles. The minimum atomic E-state index is -3.05. The molecule has 2 rings (SSSR count). The number of hydrogen-bond donors (Lipinski definition) is 1. The van der Waals surface area contributed by atoms with Crippen molar-refractivity contribution >= 4 is 39.8 Å². The van der Waals surface area contributed by atoms with Crippen LogP contribution in [-0.4, -0.2) is 54.4 Å². The molecule has 0 amide bonds. The number of halogens is 1. The van der Waals surface area contributed by atoms with E-state index in [0.717, 1.165) is 23.9 Å². The Kier molecular flexibility index (Phi) is 7.45. The van der Waals surface area contributed by atoms with Crippen LogP contribution in [0.1, 0.15) is 32.2 Å². The lowest BCUT2D eigenvalue weighted by atomic mass is 10.2. The number of guanidine groups is 1. The molecule has 0 spiro atoms. The molecule has 0 aromatic carbocycles. The Hall–Kier alpha value is -0.900. The molecule has 8 heteroatoms. The molecule has 24 heavy (non-hydrogen) atoms. The van der Waals surface area contributed by atoms with Gasteiger partial charge in [0.25, 0.3) is 0 Å². The maximum Gasteiger partial charge on any atom is 0.194 e. The summed E-state index contributed by atoms with van der Waals surface area (Å²) in [7, 11) is -3.05. The van der Waals surface area contributed by atoms with Crippen molar-refractivity contribution in [1.82, 2.24) is 15.2 Å². The summed E-state index contributed by atoms with van der Waals surface area (Å²) in [6.45, 7) is 9.65. The van der Waals surface area contributed by atoms with Gasteiger partial charge < -0.3 is 10.2 Å². The zero-order valence-electron chi connectivity index (χ0n) is 14.7. The van der Waals surface area contributed by atoms with Crippen LogP contribution in [0.5, 0.6) is 0 Å². The molecular weight excluding hydrogens is 439 g/mol.